The molecule has 30 heavy (non-hydrogen) atoms. The van der Waals surface area contributed by atoms with E-state index in [9.17, 15) is 9.59 Å². The molecule has 0 spiro atoms. The number of hydrogen-bond acceptors (Lipinski definition) is 8. The van der Waals surface area contributed by atoms with E-state index < -0.39 is 18.5 Å². The molecule has 0 aliphatic rings. The van der Waals surface area contributed by atoms with Crippen LogP contribution in [-0.4, -0.2) is 33.7 Å². The Balaban J connectivity index is 1.35. The van der Waals surface area contributed by atoms with Crippen LogP contribution < -0.4 is 5.32 Å². The highest BCUT2D eigenvalue weighted by Gasteiger charge is 2.21. The monoisotopic (exact) mass is 404 g/mol. The fourth-order valence-electron chi connectivity index (χ4n) is 2.62. The zero-order valence-corrected chi connectivity index (χ0v) is 15.9. The number of anilines is 1. The lowest BCUT2D eigenvalue weighted by molar-refractivity contribution is -0.119. The highest BCUT2D eigenvalue weighted by atomic mass is 16.5. The molecule has 2 heterocycles. The summed E-state index contributed by atoms with van der Waals surface area (Å²) in [5.41, 5.74) is 1.45. The Kier molecular flexibility index (Phi) is 5.33. The van der Waals surface area contributed by atoms with Gasteiger partial charge < -0.3 is 13.6 Å². The lowest BCUT2D eigenvalue weighted by Gasteiger charge is -2.02. The normalized spacial score (nSPS) is 10.6. The minimum atomic E-state index is -0.774. The first-order chi connectivity index (χ1) is 14.6. The summed E-state index contributed by atoms with van der Waals surface area (Å²) in [6.07, 6.45) is 0. The van der Waals surface area contributed by atoms with Crippen molar-refractivity contribution < 1.29 is 23.2 Å². The molecule has 0 unspecified atom stereocenters. The van der Waals surface area contributed by atoms with Gasteiger partial charge in [0.25, 0.3) is 5.91 Å². The number of aromatic nitrogens is 3. The summed E-state index contributed by atoms with van der Waals surface area (Å²) in [5.74, 6) is -0.554. The minimum absolute atomic E-state index is 0.00538. The molecule has 9 heteroatoms. The number of oxazole rings is 1. The van der Waals surface area contributed by atoms with E-state index in [4.69, 9.17) is 13.6 Å². The summed E-state index contributed by atoms with van der Waals surface area (Å²) < 4.78 is 15.9. The number of hydrogen-bond donors (Lipinski definition) is 1. The number of esters is 1. The Morgan fingerprint density at radius 3 is 2.20 bits per heavy atom. The van der Waals surface area contributed by atoms with E-state index in [1.807, 2.05) is 48.5 Å². The number of nitrogens with zero attached hydrogens (tertiary/aromatic N) is 3. The predicted molar refractivity (Wildman–Crippen MR) is 105 cm³/mol. The van der Waals surface area contributed by atoms with Crippen LogP contribution in [0.2, 0.25) is 0 Å². The molecule has 0 saturated carbocycles. The molecule has 0 aliphatic heterocycles. The molecule has 1 amide bonds. The summed E-state index contributed by atoms with van der Waals surface area (Å²) in [6, 6.07) is 18.1. The SMILES string of the molecule is Cc1oc(-c2ccccc2)nc1C(=O)OCC(=O)Nc1nnc(-c2ccccc2)o1. The van der Waals surface area contributed by atoms with E-state index in [2.05, 4.69) is 20.5 Å². The minimum Gasteiger partial charge on any atom is -0.451 e. The molecule has 0 saturated heterocycles. The maximum absolute atomic E-state index is 12.3. The second-order valence-corrected chi connectivity index (χ2v) is 6.19. The second-order valence-electron chi connectivity index (χ2n) is 6.19. The van der Waals surface area contributed by atoms with Gasteiger partial charge in [-0.2, -0.15) is 0 Å². The van der Waals surface area contributed by atoms with Crippen LogP contribution >= 0.6 is 0 Å². The van der Waals surface area contributed by atoms with Crippen LogP contribution in [0.15, 0.2) is 69.5 Å². The van der Waals surface area contributed by atoms with Gasteiger partial charge in [-0.05, 0) is 31.2 Å². The number of ether oxygens (including phenoxy) is 1. The largest absolute Gasteiger partial charge is 0.451 e. The van der Waals surface area contributed by atoms with Crippen LogP contribution in [0.1, 0.15) is 16.2 Å². The third-order valence-corrected chi connectivity index (χ3v) is 4.04. The maximum atomic E-state index is 12.3. The van der Waals surface area contributed by atoms with Gasteiger partial charge >= 0.3 is 12.0 Å². The molecule has 0 atom stereocenters. The van der Waals surface area contributed by atoms with Gasteiger partial charge in [0.1, 0.15) is 5.76 Å². The van der Waals surface area contributed by atoms with Crippen molar-refractivity contribution >= 4 is 17.9 Å². The molecule has 1 N–H and O–H groups in total. The topological polar surface area (TPSA) is 120 Å². The number of carbonyl (C=O) groups excluding carboxylic acids is 2. The van der Waals surface area contributed by atoms with Gasteiger partial charge in [-0.15, -0.1) is 5.10 Å². The number of aryl methyl sites for hydroxylation is 1. The molecule has 2 aromatic carbocycles. The molecule has 0 fully saturated rings. The van der Waals surface area contributed by atoms with Crippen molar-refractivity contribution in [1.82, 2.24) is 15.2 Å². The molecule has 0 bridgehead atoms. The van der Waals surface area contributed by atoms with E-state index in [-0.39, 0.29) is 17.6 Å². The number of nitrogens with one attached hydrogen (secondary N) is 1. The van der Waals surface area contributed by atoms with Crippen molar-refractivity contribution in [2.45, 2.75) is 6.92 Å². The van der Waals surface area contributed by atoms with Crippen LogP contribution in [0.4, 0.5) is 6.01 Å². The van der Waals surface area contributed by atoms with E-state index >= 15 is 0 Å². The van der Waals surface area contributed by atoms with Crippen LogP contribution in [0, 0.1) is 6.92 Å². The second kappa shape index (κ2) is 8.39. The van der Waals surface area contributed by atoms with Gasteiger partial charge in [0, 0.05) is 11.1 Å². The van der Waals surface area contributed by atoms with Crippen molar-refractivity contribution in [1.29, 1.82) is 0 Å². The lowest BCUT2D eigenvalue weighted by atomic mass is 10.2. The molecule has 9 nitrogen and oxygen atoms in total. The van der Waals surface area contributed by atoms with Gasteiger partial charge in [-0.1, -0.05) is 41.5 Å². The number of benzene rings is 2. The summed E-state index contributed by atoms with van der Waals surface area (Å²) in [4.78, 5) is 28.5. The summed E-state index contributed by atoms with van der Waals surface area (Å²) in [6.45, 7) is 1.05. The maximum Gasteiger partial charge on any atom is 0.361 e. The summed E-state index contributed by atoms with van der Waals surface area (Å²) in [5, 5.41) is 10.0. The third-order valence-electron chi connectivity index (χ3n) is 4.04. The van der Waals surface area contributed by atoms with Gasteiger partial charge in [0.05, 0.1) is 0 Å². The molecule has 4 rings (SSSR count). The first kappa shape index (κ1) is 19.1. The third kappa shape index (κ3) is 4.25. The molecule has 0 aliphatic carbocycles. The average Bonchev–Trinajstić information content (AvgIpc) is 3.40. The van der Waals surface area contributed by atoms with Gasteiger partial charge in [0.2, 0.25) is 11.8 Å². The molecule has 4 aromatic rings. The van der Waals surface area contributed by atoms with E-state index in [1.54, 1.807) is 19.1 Å². The fraction of sp³-hybridized carbons (Fsp3) is 0.0952. The van der Waals surface area contributed by atoms with Gasteiger partial charge in [-0.25, -0.2) is 9.78 Å². The predicted octanol–water partition coefficient (Wildman–Crippen LogP) is 3.50. The van der Waals surface area contributed by atoms with Crippen molar-refractivity contribution in [3.8, 4) is 22.9 Å². The van der Waals surface area contributed by atoms with Crippen molar-refractivity contribution in [2.24, 2.45) is 0 Å². The number of rotatable bonds is 6. The van der Waals surface area contributed by atoms with E-state index in [1.165, 1.54) is 0 Å². The number of amides is 1. The average molecular weight is 404 g/mol. The van der Waals surface area contributed by atoms with Gasteiger partial charge in [0.15, 0.2) is 12.3 Å². The number of carbonyl (C=O) groups is 2. The smallest absolute Gasteiger partial charge is 0.361 e. The van der Waals surface area contributed by atoms with E-state index in [0.717, 1.165) is 5.56 Å². The molecule has 0 radical (unpaired) electrons. The van der Waals surface area contributed by atoms with Crippen LogP contribution in [0.25, 0.3) is 22.9 Å². The van der Waals surface area contributed by atoms with Gasteiger partial charge in [-0.3, -0.25) is 10.1 Å². The van der Waals surface area contributed by atoms with E-state index in [0.29, 0.717) is 17.2 Å². The standard InChI is InChI=1S/C21H16N4O5/c1-13-17(23-18(29-13)14-8-4-2-5-9-14)20(27)28-12-16(26)22-21-25-24-19(30-21)15-10-6-3-7-11-15/h2-11H,12H2,1H3,(H,22,25,26). The highest BCUT2D eigenvalue weighted by molar-refractivity contribution is 5.94. The van der Waals surface area contributed by atoms with Crippen molar-refractivity contribution in [3.63, 3.8) is 0 Å². The Bertz CT molecular complexity index is 1170. The van der Waals surface area contributed by atoms with Crippen LogP contribution in [0.3, 0.4) is 0 Å². The Morgan fingerprint density at radius 1 is 0.900 bits per heavy atom. The zero-order valence-electron chi connectivity index (χ0n) is 15.9. The Morgan fingerprint density at radius 2 is 1.53 bits per heavy atom. The first-order valence-electron chi connectivity index (χ1n) is 8.99. The summed E-state index contributed by atoms with van der Waals surface area (Å²) in [7, 11) is 0. The Labute approximate surface area is 170 Å². The molecule has 150 valence electrons. The van der Waals surface area contributed by atoms with Crippen LogP contribution in [-0.2, 0) is 9.53 Å². The lowest BCUT2D eigenvalue weighted by Crippen LogP contribution is -2.21. The zero-order chi connectivity index (χ0) is 20.9. The molecular weight excluding hydrogens is 388 g/mol. The highest BCUT2D eigenvalue weighted by Crippen LogP contribution is 2.22. The molecule has 2 aromatic heterocycles. The van der Waals surface area contributed by atoms with Crippen molar-refractivity contribution in [3.05, 3.63) is 72.1 Å². The Hall–Kier alpha value is -4.27. The van der Waals surface area contributed by atoms with Crippen LogP contribution in [0.5, 0.6) is 0 Å². The van der Waals surface area contributed by atoms with Crippen molar-refractivity contribution in [2.75, 3.05) is 11.9 Å². The quantitative estimate of drug-likeness (QED) is 0.485. The summed E-state index contributed by atoms with van der Waals surface area (Å²) >= 11 is 0. The fourth-order valence-corrected chi connectivity index (χ4v) is 2.62. The first-order valence-corrected chi connectivity index (χ1v) is 8.99. The molecular formula is C21H16N4O5.